The van der Waals surface area contributed by atoms with Crippen LogP contribution in [0.25, 0.3) is 0 Å². The Morgan fingerprint density at radius 2 is 1.79 bits per heavy atom. The van der Waals surface area contributed by atoms with E-state index in [2.05, 4.69) is 10.6 Å². The number of amides is 2. The molecular weight excluding hydrogens is 384 g/mol. The minimum Gasteiger partial charge on any atom is -0.493 e. The lowest BCUT2D eigenvalue weighted by Gasteiger charge is -2.29. The van der Waals surface area contributed by atoms with Crippen molar-refractivity contribution >= 4 is 23.8 Å². The smallest absolute Gasteiger partial charge is 0.338 e. The first-order valence-corrected chi connectivity index (χ1v) is 9.95. The van der Waals surface area contributed by atoms with Crippen LogP contribution in [0.1, 0.15) is 25.5 Å². The molecule has 2 N–H and O–H groups in total. The molecule has 9 heteroatoms. The maximum atomic E-state index is 12.7. The number of allylic oxidation sites excluding steroid dienone is 1. The Morgan fingerprint density at radius 1 is 1.14 bits per heavy atom. The molecule has 1 aliphatic rings. The van der Waals surface area contributed by atoms with E-state index in [9.17, 15) is 9.59 Å². The summed E-state index contributed by atoms with van der Waals surface area (Å²) in [6, 6.07) is 2.28. The second kappa shape index (κ2) is 10.1. The van der Waals surface area contributed by atoms with Crippen molar-refractivity contribution in [2.75, 3.05) is 39.4 Å². The summed E-state index contributed by atoms with van der Waals surface area (Å²) < 4.78 is 21.5. The summed E-state index contributed by atoms with van der Waals surface area (Å²) >= 11 is 1.68. The van der Waals surface area contributed by atoms with Gasteiger partial charge in [-0.15, -0.1) is 0 Å². The normalized spacial score (nSPS) is 16.2. The molecule has 0 spiro atoms. The van der Waals surface area contributed by atoms with Gasteiger partial charge in [-0.25, -0.2) is 9.59 Å². The van der Waals surface area contributed by atoms with E-state index in [0.29, 0.717) is 46.4 Å². The molecule has 28 heavy (non-hydrogen) atoms. The third kappa shape index (κ3) is 4.83. The van der Waals surface area contributed by atoms with Gasteiger partial charge in [0.25, 0.3) is 0 Å². The minimum absolute atomic E-state index is 0.296. The highest BCUT2D eigenvalue weighted by Crippen LogP contribution is 2.41. The van der Waals surface area contributed by atoms with Gasteiger partial charge in [-0.05, 0) is 30.4 Å². The number of rotatable bonds is 9. The highest BCUT2D eigenvalue weighted by Gasteiger charge is 2.33. The molecule has 0 radical (unpaired) electrons. The predicted octanol–water partition coefficient (Wildman–Crippen LogP) is 2.64. The standard InChI is InChI=1S/C19H26N2O6S/c1-6-28-8-7-27-18(22)15-11(2)20-19(23)21-16(15)12-9-13(24-3)17(26-5)14(10-12)25-4/h9-10,16H,6-8H2,1-5H3,(H2,20,21,23)/t16-/m0/s1. The van der Waals surface area contributed by atoms with Crippen molar-refractivity contribution in [3.63, 3.8) is 0 Å². The van der Waals surface area contributed by atoms with Crippen LogP contribution in [0.3, 0.4) is 0 Å². The molecule has 0 aliphatic carbocycles. The van der Waals surface area contributed by atoms with E-state index in [0.717, 1.165) is 5.75 Å². The summed E-state index contributed by atoms with van der Waals surface area (Å²) in [7, 11) is 4.51. The number of carbonyl (C=O) groups is 2. The van der Waals surface area contributed by atoms with Gasteiger partial charge < -0.3 is 29.6 Å². The van der Waals surface area contributed by atoms with E-state index in [4.69, 9.17) is 18.9 Å². The van der Waals surface area contributed by atoms with E-state index in [1.807, 2.05) is 6.92 Å². The number of hydrogen-bond acceptors (Lipinski definition) is 7. The van der Waals surface area contributed by atoms with Crippen LogP contribution >= 0.6 is 11.8 Å². The fourth-order valence-corrected chi connectivity index (χ4v) is 3.39. The zero-order valence-corrected chi connectivity index (χ0v) is 17.5. The van der Waals surface area contributed by atoms with Crippen LogP contribution < -0.4 is 24.8 Å². The van der Waals surface area contributed by atoms with Gasteiger partial charge in [-0.3, -0.25) is 0 Å². The van der Waals surface area contributed by atoms with Crippen LogP contribution in [-0.4, -0.2) is 51.4 Å². The van der Waals surface area contributed by atoms with Crippen LogP contribution in [-0.2, 0) is 9.53 Å². The average Bonchev–Trinajstić information content (AvgIpc) is 2.69. The third-order valence-corrected chi connectivity index (χ3v) is 5.04. The molecule has 1 aliphatic heterocycles. The lowest BCUT2D eigenvalue weighted by molar-refractivity contribution is -0.138. The summed E-state index contributed by atoms with van der Waals surface area (Å²) in [5.41, 5.74) is 1.38. The van der Waals surface area contributed by atoms with Crippen molar-refractivity contribution in [2.24, 2.45) is 0 Å². The monoisotopic (exact) mass is 410 g/mol. The molecule has 0 unspecified atom stereocenters. The first kappa shape index (κ1) is 21.7. The quantitative estimate of drug-likeness (QED) is 0.477. The van der Waals surface area contributed by atoms with Crippen LogP contribution in [0.5, 0.6) is 17.2 Å². The van der Waals surface area contributed by atoms with Gasteiger partial charge in [0.15, 0.2) is 11.5 Å². The summed E-state index contributed by atoms with van der Waals surface area (Å²) in [5, 5.41) is 5.40. The summed E-state index contributed by atoms with van der Waals surface area (Å²) in [6.45, 7) is 4.01. The average molecular weight is 410 g/mol. The van der Waals surface area contributed by atoms with Gasteiger partial charge in [-0.2, -0.15) is 11.8 Å². The molecule has 1 aromatic carbocycles. The predicted molar refractivity (Wildman–Crippen MR) is 107 cm³/mol. The maximum absolute atomic E-state index is 12.7. The summed E-state index contributed by atoms with van der Waals surface area (Å²) in [4.78, 5) is 24.8. The number of esters is 1. The van der Waals surface area contributed by atoms with Crippen molar-refractivity contribution < 1.29 is 28.5 Å². The highest BCUT2D eigenvalue weighted by atomic mass is 32.2. The van der Waals surface area contributed by atoms with Crippen LogP contribution in [0, 0.1) is 0 Å². The molecule has 1 heterocycles. The molecule has 0 saturated heterocycles. The topological polar surface area (TPSA) is 95.1 Å². The number of urea groups is 1. The minimum atomic E-state index is -0.714. The van der Waals surface area contributed by atoms with Crippen LogP contribution in [0.15, 0.2) is 23.4 Å². The molecule has 0 aromatic heterocycles. The maximum Gasteiger partial charge on any atom is 0.338 e. The van der Waals surface area contributed by atoms with Crippen molar-refractivity contribution in [1.29, 1.82) is 0 Å². The number of thioether (sulfide) groups is 1. The Hall–Kier alpha value is -2.55. The summed E-state index contributed by atoms with van der Waals surface area (Å²) in [5.74, 6) is 2.45. The van der Waals surface area contributed by atoms with E-state index in [1.165, 1.54) is 21.3 Å². The Bertz CT molecular complexity index is 740. The first-order valence-electron chi connectivity index (χ1n) is 8.79. The fourth-order valence-electron chi connectivity index (χ4n) is 2.90. The number of nitrogens with one attached hydrogen (secondary N) is 2. The van der Waals surface area contributed by atoms with Crippen LogP contribution in [0.2, 0.25) is 0 Å². The molecule has 0 bridgehead atoms. The third-order valence-electron chi connectivity index (χ3n) is 4.17. The molecule has 0 fully saturated rings. The number of hydrogen-bond donors (Lipinski definition) is 2. The second-order valence-corrected chi connectivity index (χ2v) is 7.26. The Balaban J connectivity index is 2.41. The van der Waals surface area contributed by atoms with E-state index in [-0.39, 0.29) is 0 Å². The molecule has 0 saturated carbocycles. The molecule has 2 amide bonds. The molecule has 154 valence electrons. The molecular formula is C19H26N2O6S. The van der Waals surface area contributed by atoms with Gasteiger partial charge >= 0.3 is 12.0 Å². The highest BCUT2D eigenvalue weighted by molar-refractivity contribution is 7.99. The van der Waals surface area contributed by atoms with E-state index < -0.39 is 18.0 Å². The number of benzene rings is 1. The molecule has 2 rings (SSSR count). The zero-order chi connectivity index (χ0) is 20.7. The zero-order valence-electron chi connectivity index (χ0n) is 16.7. The van der Waals surface area contributed by atoms with Gasteiger partial charge in [0.1, 0.15) is 6.61 Å². The molecule has 1 aromatic rings. The Morgan fingerprint density at radius 3 is 2.32 bits per heavy atom. The molecule has 8 nitrogen and oxygen atoms in total. The largest absolute Gasteiger partial charge is 0.493 e. The van der Waals surface area contributed by atoms with Crippen molar-refractivity contribution in [2.45, 2.75) is 19.9 Å². The van der Waals surface area contributed by atoms with Gasteiger partial charge in [0.2, 0.25) is 5.75 Å². The lowest BCUT2D eigenvalue weighted by atomic mass is 9.95. The second-order valence-electron chi connectivity index (χ2n) is 5.86. The number of methoxy groups -OCH3 is 3. The molecule has 1 atom stereocenters. The van der Waals surface area contributed by atoms with Crippen LogP contribution in [0.4, 0.5) is 4.79 Å². The van der Waals surface area contributed by atoms with Crippen molar-refractivity contribution in [3.05, 3.63) is 29.0 Å². The number of ether oxygens (including phenoxy) is 4. The van der Waals surface area contributed by atoms with E-state index >= 15 is 0 Å². The lowest BCUT2D eigenvalue weighted by Crippen LogP contribution is -2.45. The van der Waals surface area contributed by atoms with E-state index in [1.54, 1.807) is 30.8 Å². The van der Waals surface area contributed by atoms with Gasteiger partial charge in [-0.1, -0.05) is 6.92 Å². The van der Waals surface area contributed by atoms with Crippen molar-refractivity contribution in [3.8, 4) is 17.2 Å². The number of carbonyl (C=O) groups excluding carboxylic acids is 2. The fraction of sp³-hybridized carbons (Fsp3) is 0.474. The summed E-state index contributed by atoms with van der Waals surface area (Å²) in [6.07, 6.45) is 0. The Labute approximate surface area is 168 Å². The van der Waals surface area contributed by atoms with Gasteiger partial charge in [0, 0.05) is 11.4 Å². The van der Waals surface area contributed by atoms with Crippen molar-refractivity contribution in [1.82, 2.24) is 10.6 Å². The first-order chi connectivity index (χ1) is 13.5. The Kier molecular flexibility index (Phi) is 7.86. The van der Waals surface area contributed by atoms with Gasteiger partial charge in [0.05, 0.1) is 32.9 Å². The SMILES string of the molecule is CCSCCOC(=O)C1=C(C)NC(=O)N[C@H]1c1cc(OC)c(OC)c(OC)c1.